The fourth-order valence-electron chi connectivity index (χ4n) is 2.48. The quantitative estimate of drug-likeness (QED) is 0.511. The molecule has 0 bridgehead atoms. The molecule has 0 saturated carbocycles. The highest BCUT2D eigenvalue weighted by molar-refractivity contribution is 7.12. The van der Waals surface area contributed by atoms with Crippen molar-refractivity contribution in [2.24, 2.45) is 0 Å². The number of halogens is 1. The molecule has 0 aliphatic heterocycles. The Morgan fingerprint density at radius 1 is 1.23 bits per heavy atom. The van der Waals surface area contributed by atoms with Crippen LogP contribution in [0, 0.1) is 17.0 Å². The van der Waals surface area contributed by atoms with E-state index in [4.69, 9.17) is 11.6 Å². The SMILES string of the molecule is Cc1sc(CNC(=O)c2ccccc2[N+](=O)[O-])nc1-c1ccc(Cl)cc1. The molecule has 2 aromatic carbocycles. The Labute approximate surface area is 158 Å². The van der Waals surface area contributed by atoms with Crippen molar-refractivity contribution < 1.29 is 9.72 Å². The standard InChI is InChI=1S/C18H14ClN3O3S/c1-11-17(12-6-8-13(19)9-7-12)21-16(26-11)10-20-18(23)14-4-2-3-5-15(14)22(24)25/h2-9H,10H2,1H3,(H,20,23). The molecule has 8 heteroatoms. The number of hydrogen-bond donors (Lipinski definition) is 1. The topological polar surface area (TPSA) is 85.1 Å². The number of thiazole rings is 1. The molecule has 1 heterocycles. The van der Waals surface area contributed by atoms with Crippen LogP contribution in [-0.2, 0) is 6.54 Å². The maximum atomic E-state index is 12.3. The number of hydrogen-bond acceptors (Lipinski definition) is 5. The molecule has 0 aliphatic rings. The second-order valence-electron chi connectivity index (χ2n) is 5.48. The van der Waals surface area contributed by atoms with Gasteiger partial charge in [-0.15, -0.1) is 11.3 Å². The van der Waals surface area contributed by atoms with Gasteiger partial charge in [-0.1, -0.05) is 35.9 Å². The Balaban J connectivity index is 1.75. The normalized spacial score (nSPS) is 10.5. The number of benzene rings is 2. The highest BCUT2D eigenvalue weighted by Crippen LogP contribution is 2.28. The summed E-state index contributed by atoms with van der Waals surface area (Å²) in [5.41, 5.74) is 1.59. The molecule has 0 spiro atoms. The minimum absolute atomic E-state index is 0.0312. The van der Waals surface area contributed by atoms with Gasteiger partial charge in [0.2, 0.25) is 0 Å². The lowest BCUT2D eigenvalue weighted by Gasteiger charge is -2.04. The van der Waals surface area contributed by atoms with E-state index in [-0.39, 0.29) is 17.8 Å². The molecule has 1 amide bonds. The molecule has 6 nitrogen and oxygen atoms in total. The number of nitro benzene ring substituents is 1. The lowest BCUT2D eigenvalue weighted by molar-refractivity contribution is -0.385. The van der Waals surface area contributed by atoms with Gasteiger partial charge < -0.3 is 5.32 Å². The molecule has 132 valence electrons. The minimum atomic E-state index is -0.568. The number of nitrogens with one attached hydrogen (secondary N) is 1. The van der Waals surface area contributed by atoms with Crippen LogP contribution in [0.2, 0.25) is 5.02 Å². The average Bonchev–Trinajstić information content (AvgIpc) is 3.01. The van der Waals surface area contributed by atoms with Crippen LogP contribution in [0.4, 0.5) is 5.69 Å². The predicted molar refractivity (Wildman–Crippen MR) is 102 cm³/mol. The maximum Gasteiger partial charge on any atom is 0.282 e. The van der Waals surface area contributed by atoms with Crippen LogP contribution in [0.5, 0.6) is 0 Å². The maximum absolute atomic E-state index is 12.3. The third kappa shape index (κ3) is 3.89. The molecule has 0 saturated heterocycles. The summed E-state index contributed by atoms with van der Waals surface area (Å²) in [6.07, 6.45) is 0. The van der Waals surface area contributed by atoms with Gasteiger partial charge in [-0.25, -0.2) is 4.98 Å². The van der Waals surface area contributed by atoms with Gasteiger partial charge in [0.1, 0.15) is 10.6 Å². The monoisotopic (exact) mass is 387 g/mol. The Morgan fingerprint density at radius 2 is 1.92 bits per heavy atom. The number of rotatable bonds is 5. The van der Waals surface area contributed by atoms with E-state index in [0.29, 0.717) is 5.02 Å². The Bertz CT molecular complexity index is 970. The molecular formula is C18H14ClN3O3S. The lowest BCUT2D eigenvalue weighted by atomic mass is 10.1. The zero-order valence-electron chi connectivity index (χ0n) is 13.7. The van der Waals surface area contributed by atoms with E-state index in [2.05, 4.69) is 10.3 Å². The van der Waals surface area contributed by atoms with Gasteiger partial charge in [-0.2, -0.15) is 0 Å². The number of aromatic nitrogens is 1. The summed E-state index contributed by atoms with van der Waals surface area (Å²) in [5.74, 6) is -0.502. The van der Waals surface area contributed by atoms with Crippen LogP contribution in [0.25, 0.3) is 11.3 Å². The predicted octanol–water partition coefficient (Wildman–Crippen LogP) is 4.61. The largest absolute Gasteiger partial charge is 0.345 e. The van der Waals surface area contributed by atoms with Gasteiger partial charge in [-0.3, -0.25) is 14.9 Å². The number of amides is 1. The summed E-state index contributed by atoms with van der Waals surface area (Å²) in [5, 5.41) is 15.1. The van der Waals surface area contributed by atoms with Crippen molar-refractivity contribution in [1.29, 1.82) is 0 Å². The highest BCUT2D eigenvalue weighted by Gasteiger charge is 2.19. The van der Waals surface area contributed by atoms with Crippen LogP contribution in [0.1, 0.15) is 20.2 Å². The summed E-state index contributed by atoms with van der Waals surface area (Å²) in [4.78, 5) is 28.3. The molecule has 0 unspecified atom stereocenters. The Kier molecular flexibility index (Phi) is 5.29. The fraction of sp³-hybridized carbons (Fsp3) is 0.111. The second-order valence-corrected chi connectivity index (χ2v) is 7.20. The smallest absolute Gasteiger partial charge is 0.282 e. The van der Waals surface area contributed by atoms with Crippen LogP contribution in [0.15, 0.2) is 48.5 Å². The summed E-state index contributed by atoms with van der Waals surface area (Å²) in [7, 11) is 0. The molecule has 0 atom stereocenters. The van der Waals surface area contributed by atoms with Gasteiger partial charge in [0.25, 0.3) is 11.6 Å². The van der Waals surface area contributed by atoms with Crippen molar-refractivity contribution in [2.75, 3.05) is 0 Å². The third-order valence-electron chi connectivity index (χ3n) is 3.70. The third-order valence-corrected chi connectivity index (χ3v) is 4.93. The van der Waals surface area contributed by atoms with Crippen molar-refractivity contribution in [1.82, 2.24) is 10.3 Å². The number of carbonyl (C=O) groups excluding carboxylic acids is 1. The van der Waals surface area contributed by atoms with Crippen molar-refractivity contribution in [3.8, 4) is 11.3 Å². The molecule has 1 N–H and O–H groups in total. The summed E-state index contributed by atoms with van der Waals surface area (Å²) in [6, 6.07) is 13.2. The van der Waals surface area contributed by atoms with E-state index in [0.717, 1.165) is 21.1 Å². The minimum Gasteiger partial charge on any atom is -0.345 e. The number of nitro groups is 1. The summed E-state index contributed by atoms with van der Waals surface area (Å²) < 4.78 is 0. The number of nitrogens with zero attached hydrogens (tertiary/aromatic N) is 2. The first kappa shape index (κ1) is 18.0. The lowest BCUT2D eigenvalue weighted by Crippen LogP contribution is -2.23. The first-order valence-electron chi connectivity index (χ1n) is 7.69. The van der Waals surface area contributed by atoms with Crippen molar-refractivity contribution in [3.05, 3.63) is 79.1 Å². The van der Waals surface area contributed by atoms with Crippen LogP contribution >= 0.6 is 22.9 Å². The van der Waals surface area contributed by atoms with Gasteiger partial charge >= 0.3 is 0 Å². The molecule has 0 radical (unpaired) electrons. The molecular weight excluding hydrogens is 374 g/mol. The molecule has 3 aromatic rings. The van der Waals surface area contributed by atoms with Crippen molar-refractivity contribution >= 4 is 34.5 Å². The molecule has 1 aromatic heterocycles. The Hall–Kier alpha value is -2.77. The molecule has 0 aliphatic carbocycles. The fourth-order valence-corrected chi connectivity index (χ4v) is 3.50. The number of carbonyl (C=O) groups is 1. The van der Waals surface area contributed by atoms with E-state index >= 15 is 0 Å². The highest BCUT2D eigenvalue weighted by atomic mass is 35.5. The van der Waals surface area contributed by atoms with Crippen molar-refractivity contribution in [2.45, 2.75) is 13.5 Å². The van der Waals surface area contributed by atoms with E-state index < -0.39 is 10.8 Å². The van der Waals surface area contributed by atoms with Crippen LogP contribution in [-0.4, -0.2) is 15.8 Å². The van der Waals surface area contributed by atoms with E-state index in [1.807, 2.05) is 19.1 Å². The first-order chi connectivity index (χ1) is 12.5. The average molecular weight is 388 g/mol. The van der Waals surface area contributed by atoms with E-state index in [1.54, 1.807) is 18.2 Å². The molecule has 0 fully saturated rings. The summed E-state index contributed by atoms with van der Waals surface area (Å²) in [6.45, 7) is 2.15. The van der Waals surface area contributed by atoms with E-state index in [9.17, 15) is 14.9 Å². The zero-order chi connectivity index (χ0) is 18.7. The van der Waals surface area contributed by atoms with Gasteiger partial charge in [0.15, 0.2) is 0 Å². The Morgan fingerprint density at radius 3 is 2.62 bits per heavy atom. The summed E-state index contributed by atoms with van der Waals surface area (Å²) >= 11 is 7.38. The van der Waals surface area contributed by atoms with Crippen LogP contribution < -0.4 is 5.32 Å². The van der Waals surface area contributed by atoms with Gasteiger partial charge in [0.05, 0.1) is 17.2 Å². The number of aryl methyl sites for hydroxylation is 1. The number of para-hydroxylation sites is 1. The second kappa shape index (κ2) is 7.63. The van der Waals surface area contributed by atoms with Gasteiger partial charge in [0, 0.05) is 21.5 Å². The van der Waals surface area contributed by atoms with Crippen molar-refractivity contribution in [3.63, 3.8) is 0 Å². The zero-order valence-corrected chi connectivity index (χ0v) is 15.3. The van der Waals surface area contributed by atoms with Crippen LogP contribution in [0.3, 0.4) is 0 Å². The molecule has 3 rings (SSSR count). The first-order valence-corrected chi connectivity index (χ1v) is 8.89. The molecule has 26 heavy (non-hydrogen) atoms. The van der Waals surface area contributed by atoms with E-state index in [1.165, 1.54) is 29.5 Å². The van der Waals surface area contributed by atoms with Gasteiger partial charge in [-0.05, 0) is 25.1 Å².